The van der Waals surface area contributed by atoms with Gasteiger partial charge >= 0.3 is 10.1 Å². The third-order valence-corrected chi connectivity index (χ3v) is 3.87. The summed E-state index contributed by atoms with van der Waals surface area (Å²) < 4.78 is 36.8. The zero-order valence-corrected chi connectivity index (χ0v) is 11.5. The average molecular weight is 302 g/mol. The monoisotopic (exact) mass is 302 g/mol. The summed E-state index contributed by atoms with van der Waals surface area (Å²) in [7, 11) is -4.40. The van der Waals surface area contributed by atoms with Gasteiger partial charge in [-0.3, -0.25) is 19.6 Å². The summed E-state index contributed by atoms with van der Waals surface area (Å²) in [5.41, 5.74) is -1.22. The maximum Gasteiger partial charge on any atom is 0.307 e. The van der Waals surface area contributed by atoms with Crippen molar-refractivity contribution < 1.29 is 22.6 Å². The molecule has 1 heterocycles. The first kappa shape index (κ1) is 14.9. The molecule has 2 rings (SSSR count). The summed E-state index contributed by atoms with van der Waals surface area (Å²) in [5.74, 6) is 0. The molecule has 20 heavy (non-hydrogen) atoms. The molecule has 0 aromatic heterocycles. The van der Waals surface area contributed by atoms with Crippen molar-refractivity contribution in [3.05, 3.63) is 39.9 Å². The summed E-state index contributed by atoms with van der Waals surface area (Å²) in [5, 5.41) is 10.9. The molecule has 8 nitrogen and oxygen atoms in total. The Balaban J connectivity index is 2.27. The van der Waals surface area contributed by atoms with Gasteiger partial charge in [0.25, 0.3) is 5.69 Å². The van der Waals surface area contributed by atoms with Crippen LogP contribution in [0.1, 0.15) is 12.5 Å². The van der Waals surface area contributed by atoms with E-state index in [9.17, 15) is 18.5 Å². The molecule has 1 aliphatic heterocycles. The van der Waals surface area contributed by atoms with Crippen LogP contribution in [-0.4, -0.2) is 41.0 Å². The van der Waals surface area contributed by atoms with E-state index in [1.54, 1.807) is 19.1 Å². The topological polar surface area (TPSA) is 110 Å². The molecular formula is C11H14N2O6S. The van der Waals surface area contributed by atoms with Gasteiger partial charge in [-0.1, -0.05) is 18.2 Å². The van der Waals surface area contributed by atoms with Gasteiger partial charge < -0.3 is 4.74 Å². The minimum atomic E-state index is -4.40. The highest BCUT2D eigenvalue weighted by Crippen LogP contribution is 2.26. The highest BCUT2D eigenvalue weighted by atomic mass is 32.2. The Morgan fingerprint density at radius 2 is 2.15 bits per heavy atom. The number of nitro benzene ring substituents is 1. The lowest BCUT2D eigenvalue weighted by Crippen LogP contribution is -2.36. The number of nitrogens with zero attached hydrogens (tertiary/aromatic N) is 2. The van der Waals surface area contributed by atoms with Crippen molar-refractivity contribution in [2.45, 2.75) is 25.1 Å². The molecule has 0 saturated carbocycles. The molecule has 2 atom stereocenters. The minimum absolute atomic E-state index is 0.00590. The first-order valence-corrected chi connectivity index (χ1v) is 7.37. The normalized spacial score (nSPS) is 23.9. The number of rotatable bonds is 4. The molecule has 0 aliphatic carbocycles. The molecule has 0 bridgehead atoms. The predicted molar refractivity (Wildman–Crippen MR) is 69.4 cm³/mol. The molecule has 0 amide bonds. The Hall–Kier alpha value is -1.55. The van der Waals surface area contributed by atoms with E-state index in [0.717, 1.165) is 0 Å². The number of ether oxygens (including phenoxy) is 1. The van der Waals surface area contributed by atoms with Crippen molar-refractivity contribution in [3.63, 3.8) is 0 Å². The minimum Gasteiger partial charge on any atom is -0.343 e. The molecule has 1 fully saturated rings. The van der Waals surface area contributed by atoms with E-state index in [1.165, 1.54) is 17.0 Å². The van der Waals surface area contributed by atoms with Crippen LogP contribution in [0.5, 0.6) is 0 Å². The molecule has 1 N–H and O–H groups in total. The number of benzene rings is 1. The van der Waals surface area contributed by atoms with E-state index in [4.69, 9.17) is 9.29 Å². The molecule has 2 unspecified atom stereocenters. The maximum absolute atomic E-state index is 11.3. The average Bonchev–Trinajstić information content (AvgIpc) is 2.70. The third-order valence-electron chi connectivity index (χ3n) is 2.96. The molecule has 0 spiro atoms. The van der Waals surface area contributed by atoms with Crippen LogP contribution in [0.3, 0.4) is 0 Å². The van der Waals surface area contributed by atoms with Crippen LogP contribution in [0.25, 0.3) is 0 Å². The van der Waals surface area contributed by atoms with Gasteiger partial charge in [0.05, 0.1) is 11.0 Å². The van der Waals surface area contributed by atoms with Gasteiger partial charge in [0.1, 0.15) is 0 Å². The Labute approximate surface area is 115 Å². The number of hydrogen-bond acceptors (Lipinski definition) is 6. The fraction of sp³-hybridized carbons (Fsp3) is 0.455. The second kappa shape index (κ2) is 5.44. The predicted octanol–water partition coefficient (Wildman–Crippen LogP) is 0.987. The molecule has 9 heteroatoms. The Kier molecular flexibility index (Phi) is 4.04. The standard InChI is InChI=1S/C11H14N2O6S/c1-8-6-12(11(19-8)20(16,17)18)7-9-4-2-3-5-10(9)13(14)15/h2-5,8,11H,6-7H2,1H3,(H,16,17,18). The lowest BCUT2D eigenvalue weighted by atomic mass is 10.1. The van der Waals surface area contributed by atoms with Gasteiger partial charge in [0.15, 0.2) is 0 Å². The molecule has 0 radical (unpaired) electrons. The van der Waals surface area contributed by atoms with Crippen molar-refractivity contribution in [3.8, 4) is 0 Å². The molecule has 1 saturated heterocycles. The number of para-hydroxylation sites is 1. The van der Waals surface area contributed by atoms with Crippen LogP contribution in [0.15, 0.2) is 24.3 Å². The van der Waals surface area contributed by atoms with Crippen LogP contribution in [0.2, 0.25) is 0 Å². The van der Waals surface area contributed by atoms with Crippen molar-refractivity contribution in [1.82, 2.24) is 4.90 Å². The third kappa shape index (κ3) is 3.12. The Morgan fingerprint density at radius 3 is 2.75 bits per heavy atom. The summed E-state index contributed by atoms with van der Waals surface area (Å²) in [6.45, 7) is 1.93. The largest absolute Gasteiger partial charge is 0.343 e. The fourth-order valence-electron chi connectivity index (χ4n) is 2.18. The highest BCUT2D eigenvalue weighted by Gasteiger charge is 2.39. The summed E-state index contributed by atoms with van der Waals surface area (Å²) in [6, 6.07) is 6.05. The highest BCUT2D eigenvalue weighted by molar-refractivity contribution is 7.86. The SMILES string of the molecule is CC1CN(Cc2ccccc2[N+](=O)[O-])C(S(=O)(=O)O)O1. The summed E-state index contributed by atoms with van der Waals surface area (Å²) in [4.78, 5) is 11.7. The lowest BCUT2D eigenvalue weighted by molar-refractivity contribution is -0.385. The summed E-state index contributed by atoms with van der Waals surface area (Å²) >= 11 is 0. The van der Waals surface area contributed by atoms with Crippen LogP contribution in [0.4, 0.5) is 5.69 Å². The summed E-state index contributed by atoms with van der Waals surface area (Å²) in [6.07, 6.45) is -0.385. The quantitative estimate of drug-likeness (QED) is 0.501. The molecule has 1 aromatic rings. The van der Waals surface area contributed by atoms with Crippen molar-refractivity contribution in [2.24, 2.45) is 0 Å². The van der Waals surface area contributed by atoms with E-state index in [2.05, 4.69) is 0 Å². The van der Waals surface area contributed by atoms with E-state index < -0.39 is 20.6 Å². The van der Waals surface area contributed by atoms with Gasteiger partial charge in [-0.25, -0.2) is 0 Å². The van der Waals surface area contributed by atoms with E-state index in [1.807, 2.05) is 0 Å². The zero-order chi connectivity index (χ0) is 14.9. The second-order valence-corrected chi connectivity index (χ2v) is 6.02. The smallest absolute Gasteiger partial charge is 0.307 e. The maximum atomic E-state index is 11.3. The van der Waals surface area contributed by atoms with Crippen LogP contribution in [0, 0.1) is 10.1 Å². The number of hydrogen-bond donors (Lipinski definition) is 1. The van der Waals surface area contributed by atoms with E-state index >= 15 is 0 Å². The number of nitro groups is 1. The van der Waals surface area contributed by atoms with Crippen molar-refractivity contribution in [2.75, 3.05) is 6.54 Å². The first-order chi connectivity index (χ1) is 9.29. The van der Waals surface area contributed by atoms with Gasteiger partial charge in [-0.15, -0.1) is 0 Å². The van der Waals surface area contributed by atoms with Gasteiger partial charge in [0, 0.05) is 24.7 Å². The second-order valence-electron chi connectivity index (χ2n) is 4.58. The fourth-order valence-corrected chi connectivity index (χ4v) is 3.05. The van der Waals surface area contributed by atoms with Crippen LogP contribution in [-0.2, 0) is 21.4 Å². The first-order valence-electron chi connectivity index (χ1n) is 5.87. The van der Waals surface area contributed by atoms with Crippen molar-refractivity contribution in [1.29, 1.82) is 0 Å². The Bertz CT molecular complexity index is 617. The zero-order valence-electron chi connectivity index (χ0n) is 10.7. The molecule has 1 aromatic carbocycles. The van der Waals surface area contributed by atoms with E-state index in [-0.39, 0.29) is 24.9 Å². The molecular weight excluding hydrogens is 288 g/mol. The van der Waals surface area contributed by atoms with Gasteiger partial charge in [0.2, 0.25) is 5.56 Å². The van der Waals surface area contributed by atoms with Crippen LogP contribution < -0.4 is 0 Å². The van der Waals surface area contributed by atoms with Crippen molar-refractivity contribution >= 4 is 15.8 Å². The van der Waals surface area contributed by atoms with Gasteiger partial charge in [-0.2, -0.15) is 8.42 Å². The van der Waals surface area contributed by atoms with E-state index in [0.29, 0.717) is 5.56 Å². The molecule has 110 valence electrons. The Morgan fingerprint density at radius 1 is 1.50 bits per heavy atom. The van der Waals surface area contributed by atoms with Gasteiger partial charge in [-0.05, 0) is 6.92 Å². The lowest BCUT2D eigenvalue weighted by Gasteiger charge is -2.19. The van der Waals surface area contributed by atoms with Crippen LogP contribution >= 0.6 is 0 Å². The molecule has 1 aliphatic rings.